The summed E-state index contributed by atoms with van der Waals surface area (Å²) in [5, 5.41) is 9.04. The molecular weight excluding hydrogens is 470 g/mol. The summed E-state index contributed by atoms with van der Waals surface area (Å²) >= 11 is 7.87. The van der Waals surface area contributed by atoms with Gasteiger partial charge >= 0.3 is 11.9 Å². The predicted molar refractivity (Wildman–Crippen MR) is 82.9 cm³/mol. The lowest BCUT2D eigenvalue weighted by molar-refractivity contribution is -0.133. The van der Waals surface area contributed by atoms with Crippen molar-refractivity contribution < 1.29 is 19.4 Å². The Balaban J connectivity index is 3.12. The first-order valence-corrected chi connectivity index (χ1v) is 7.28. The molecule has 1 aromatic rings. The van der Waals surface area contributed by atoms with Gasteiger partial charge in [0.25, 0.3) is 0 Å². The van der Waals surface area contributed by atoms with E-state index in [0.29, 0.717) is 9.32 Å². The number of rotatable bonds is 4. The molecule has 0 aliphatic heterocycles. The number of thiol groups is 1. The molecule has 1 aromatic carbocycles. The zero-order valence-corrected chi connectivity index (χ0v) is 13.7. The monoisotopic (exact) mass is 478 g/mol. The van der Waals surface area contributed by atoms with Gasteiger partial charge in [-0.15, -0.1) is 0 Å². The Morgan fingerprint density at radius 3 is 2.53 bits per heavy atom. The number of hydrogen-bond donors (Lipinski definition) is 2. The van der Waals surface area contributed by atoms with Crippen molar-refractivity contribution in [2.45, 2.75) is 6.42 Å². The Bertz CT molecular complexity index is 462. The summed E-state index contributed by atoms with van der Waals surface area (Å²) in [5.74, 6) is -1.13. The Hall–Kier alpha value is -0.0300. The molecule has 0 radical (unpaired) electrons. The van der Waals surface area contributed by atoms with E-state index in [4.69, 9.17) is 9.84 Å². The van der Waals surface area contributed by atoms with Crippen LogP contribution in [0.4, 0.5) is 0 Å². The Labute approximate surface area is 131 Å². The van der Waals surface area contributed by atoms with E-state index in [1.165, 1.54) is 6.07 Å². The molecule has 1 N–H and O–H groups in total. The van der Waals surface area contributed by atoms with E-state index in [2.05, 4.69) is 12.6 Å². The van der Waals surface area contributed by atoms with Gasteiger partial charge in [-0.1, -0.05) is 0 Å². The largest absolute Gasteiger partial charge is 0.478 e. The Morgan fingerprint density at radius 2 is 2.00 bits per heavy atom. The number of aromatic carboxylic acids is 1. The van der Waals surface area contributed by atoms with Crippen molar-refractivity contribution in [3.63, 3.8) is 0 Å². The summed E-state index contributed by atoms with van der Waals surface area (Å²) < 4.78 is 6.43. The van der Waals surface area contributed by atoms with Crippen molar-refractivity contribution in [3.05, 3.63) is 24.8 Å². The highest BCUT2D eigenvalue weighted by Crippen LogP contribution is 2.28. The number of esters is 1. The smallest absolute Gasteiger partial charge is 0.339 e. The second-order valence-electron chi connectivity index (χ2n) is 3.02. The topological polar surface area (TPSA) is 63.6 Å². The minimum absolute atomic E-state index is 0.00573. The fourth-order valence-electron chi connectivity index (χ4n) is 1.08. The third-order valence-corrected chi connectivity index (χ3v) is 3.42. The van der Waals surface area contributed by atoms with Gasteiger partial charge < -0.3 is 9.84 Å². The number of benzene rings is 1. The van der Waals surface area contributed by atoms with Gasteiger partial charge in [0.15, 0.2) is 5.75 Å². The van der Waals surface area contributed by atoms with Gasteiger partial charge in [-0.25, -0.2) is 4.79 Å². The van der Waals surface area contributed by atoms with Gasteiger partial charge in [0.05, 0.1) is 9.99 Å². The first-order chi connectivity index (χ1) is 7.95. The van der Waals surface area contributed by atoms with E-state index in [1.54, 1.807) is 6.07 Å². The van der Waals surface area contributed by atoms with Gasteiger partial charge in [-0.2, -0.15) is 12.6 Å². The van der Waals surface area contributed by atoms with Crippen LogP contribution in [0.15, 0.2) is 12.1 Å². The zero-order valence-electron chi connectivity index (χ0n) is 8.44. The van der Waals surface area contributed by atoms with Crippen LogP contribution in [0.25, 0.3) is 0 Å². The van der Waals surface area contributed by atoms with Crippen molar-refractivity contribution in [1.29, 1.82) is 0 Å². The Morgan fingerprint density at radius 1 is 1.35 bits per heavy atom. The van der Waals surface area contributed by atoms with Gasteiger partial charge in [0, 0.05) is 9.32 Å². The van der Waals surface area contributed by atoms with Crippen LogP contribution in [-0.2, 0) is 4.79 Å². The molecule has 4 nitrogen and oxygen atoms in total. The highest BCUT2D eigenvalue weighted by atomic mass is 127. The first kappa shape index (κ1) is 15.0. The average molecular weight is 478 g/mol. The molecule has 17 heavy (non-hydrogen) atoms. The predicted octanol–water partition coefficient (Wildman–Crippen LogP) is 2.82. The molecule has 0 atom stereocenters. The summed E-state index contributed by atoms with van der Waals surface area (Å²) in [4.78, 5) is 22.4. The van der Waals surface area contributed by atoms with E-state index < -0.39 is 11.9 Å². The van der Waals surface area contributed by atoms with Crippen LogP contribution in [0.2, 0.25) is 0 Å². The van der Waals surface area contributed by atoms with E-state index in [0.717, 1.165) is 3.57 Å². The van der Waals surface area contributed by atoms with Crippen LogP contribution in [0.3, 0.4) is 0 Å². The SMILES string of the molecule is O=C(CCS)Oc1c(I)cc(I)cc1C(=O)O. The fourth-order valence-corrected chi connectivity index (χ4v) is 3.22. The maximum absolute atomic E-state index is 11.4. The lowest BCUT2D eigenvalue weighted by Gasteiger charge is -2.09. The third kappa shape index (κ3) is 4.28. The summed E-state index contributed by atoms with van der Waals surface area (Å²) in [7, 11) is 0. The van der Waals surface area contributed by atoms with Crippen molar-refractivity contribution in [3.8, 4) is 5.75 Å². The van der Waals surface area contributed by atoms with Crippen molar-refractivity contribution in [2.75, 3.05) is 5.75 Å². The van der Waals surface area contributed by atoms with Crippen LogP contribution in [-0.4, -0.2) is 22.8 Å². The molecule has 0 unspecified atom stereocenters. The van der Waals surface area contributed by atoms with Crippen LogP contribution >= 0.6 is 57.8 Å². The fraction of sp³-hybridized carbons (Fsp3) is 0.200. The molecular formula is C10H8I2O4S. The number of carboxylic acid groups (broad SMARTS) is 1. The van der Waals surface area contributed by atoms with Gasteiger partial charge in [-0.3, -0.25) is 4.79 Å². The quantitative estimate of drug-likeness (QED) is 0.303. The maximum Gasteiger partial charge on any atom is 0.339 e. The molecule has 0 saturated carbocycles. The molecule has 0 saturated heterocycles. The summed E-state index contributed by atoms with van der Waals surface area (Å²) in [6, 6.07) is 3.21. The lowest BCUT2D eigenvalue weighted by Crippen LogP contribution is -2.13. The van der Waals surface area contributed by atoms with Crippen molar-refractivity contribution >= 4 is 69.7 Å². The molecule has 0 spiro atoms. The van der Waals surface area contributed by atoms with Crippen molar-refractivity contribution in [1.82, 2.24) is 0 Å². The molecule has 0 heterocycles. The summed E-state index contributed by atoms with van der Waals surface area (Å²) in [6.07, 6.45) is 0.143. The molecule has 0 bridgehead atoms. The van der Waals surface area contributed by atoms with Crippen LogP contribution in [0, 0.1) is 7.14 Å². The molecule has 0 aliphatic rings. The summed E-state index contributed by atoms with van der Waals surface area (Å²) in [6.45, 7) is 0. The van der Waals surface area contributed by atoms with E-state index in [-0.39, 0.29) is 17.7 Å². The number of carbonyl (C=O) groups is 2. The first-order valence-electron chi connectivity index (χ1n) is 4.49. The normalized spacial score (nSPS) is 10.1. The van der Waals surface area contributed by atoms with E-state index in [1.807, 2.05) is 45.2 Å². The van der Waals surface area contributed by atoms with E-state index >= 15 is 0 Å². The lowest BCUT2D eigenvalue weighted by atomic mass is 10.2. The summed E-state index contributed by atoms with van der Waals surface area (Å²) in [5.41, 5.74) is -0.00573. The number of carboxylic acids is 1. The van der Waals surface area contributed by atoms with Crippen LogP contribution < -0.4 is 4.74 Å². The second-order valence-corrected chi connectivity index (χ2v) is 5.87. The Kier molecular flexibility index (Phi) is 6.00. The number of ether oxygens (including phenoxy) is 1. The maximum atomic E-state index is 11.4. The minimum Gasteiger partial charge on any atom is -0.478 e. The molecule has 0 aromatic heterocycles. The standard InChI is InChI=1S/C10H8I2O4S/c11-5-3-6(10(14)15)9(7(12)4-5)16-8(13)1-2-17/h3-4,17H,1-2H2,(H,14,15). The molecule has 0 aliphatic carbocycles. The number of hydrogen-bond acceptors (Lipinski definition) is 4. The van der Waals surface area contributed by atoms with Gasteiger partial charge in [-0.05, 0) is 57.3 Å². The molecule has 1 rings (SSSR count). The minimum atomic E-state index is -1.12. The molecule has 7 heteroatoms. The highest BCUT2D eigenvalue weighted by Gasteiger charge is 2.18. The molecule has 0 fully saturated rings. The average Bonchev–Trinajstić information content (AvgIpc) is 2.21. The van der Waals surface area contributed by atoms with Crippen LogP contribution in [0.1, 0.15) is 16.8 Å². The zero-order chi connectivity index (χ0) is 13.0. The molecule has 92 valence electrons. The van der Waals surface area contributed by atoms with Crippen molar-refractivity contribution in [2.24, 2.45) is 0 Å². The van der Waals surface area contributed by atoms with Crippen LogP contribution in [0.5, 0.6) is 5.75 Å². The second kappa shape index (κ2) is 6.78. The number of carbonyl (C=O) groups excluding carboxylic acids is 1. The third-order valence-electron chi connectivity index (χ3n) is 1.77. The highest BCUT2D eigenvalue weighted by molar-refractivity contribution is 14.1. The van der Waals surface area contributed by atoms with Gasteiger partial charge in [0.1, 0.15) is 5.56 Å². The van der Waals surface area contributed by atoms with Gasteiger partial charge in [0.2, 0.25) is 0 Å². The molecule has 0 amide bonds. The van der Waals surface area contributed by atoms with E-state index in [9.17, 15) is 9.59 Å². The number of halogens is 2.